The summed E-state index contributed by atoms with van der Waals surface area (Å²) >= 11 is 9.71. The molecule has 3 rings (SSSR count). The minimum absolute atomic E-state index is 0.0342. The maximum atomic E-state index is 12.6. The summed E-state index contributed by atoms with van der Waals surface area (Å²) in [6.07, 6.45) is 0. The molecule has 0 aromatic heterocycles. The van der Waals surface area contributed by atoms with Crippen molar-refractivity contribution in [1.82, 2.24) is 0 Å². The lowest BCUT2D eigenvalue weighted by Crippen LogP contribution is -2.12. The van der Waals surface area contributed by atoms with Crippen molar-refractivity contribution < 1.29 is 22.1 Å². The van der Waals surface area contributed by atoms with Gasteiger partial charge in [-0.1, -0.05) is 23.7 Å². The molecule has 0 unspecified atom stereocenters. The first kappa shape index (κ1) is 19.4. The summed E-state index contributed by atoms with van der Waals surface area (Å²) in [5.41, 5.74) is 1.19. The van der Waals surface area contributed by atoms with Crippen molar-refractivity contribution in [1.29, 1.82) is 0 Å². The zero-order valence-corrected chi connectivity index (χ0v) is 16.9. The minimum Gasteiger partial charge on any atom is -0.465 e. The highest BCUT2D eigenvalue weighted by Gasteiger charge is 2.23. The SMILES string of the molecule is COC(=O)c1ccc(Cl)c(S(=O)(=O)Oc2ccc(C3SCCS3)cc2)c1. The number of methoxy groups -OCH3 is 1. The van der Waals surface area contributed by atoms with Crippen molar-refractivity contribution in [3.8, 4) is 5.75 Å². The quantitative estimate of drug-likeness (QED) is 0.515. The van der Waals surface area contributed by atoms with Crippen LogP contribution in [-0.2, 0) is 14.9 Å². The minimum atomic E-state index is -4.19. The van der Waals surface area contributed by atoms with Crippen LogP contribution in [0.3, 0.4) is 0 Å². The molecule has 0 radical (unpaired) electrons. The van der Waals surface area contributed by atoms with E-state index in [1.54, 1.807) is 12.1 Å². The van der Waals surface area contributed by atoms with Crippen LogP contribution >= 0.6 is 35.1 Å². The molecule has 0 atom stereocenters. The Kier molecular flexibility index (Phi) is 6.06. The Bertz CT molecular complexity index is 906. The first-order valence-corrected chi connectivity index (χ1v) is 11.4. The van der Waals surface area contributed by atoms with Crippen molar-refractivity contribution in [2.45, 2.75) is 9.48 Å². The van der Waals surface area contributed by atoms with Gasteiger partial charge in [0.15, 0.2) is 0 Å². The maximum Gasteiger partial charge on any atom is 0.340 e. The first-order chi connectivity index (χ1) is 12.4. The van der Waals surface area contributed by atoms with E-state index in [4.69, 9.17) is 15.8 Å². The Morgan fingerprint density at radius 3 is 2.38 bits per heavy atom. The smallest absolute Gasteiger partial charge is 0.340 e. The van der Waals surface area contributed by atoms with E-state index in [0.29, 0.717) is 4.58 Å². The number of carbonyl (C=O) groups is 1. The molecular weight excluding hydrogens is 416 g/mol. The fraction of sp³-hybridized carbons (Fsp3) is 0.235. The topological polar surface area (TPSA) is 69.7 Å². The van der Waals surface area contributed by atoms with Crippen LogP contribution < -0.4 is 4.18 Å². The van der Waals surface area contributed by atoms with Gasteiger partial charge in [0.25, 0.3) is 0 Å². The lowest BCUT2D eigenvalue weighted by Gasteiger charge is -2.11. The van der Waals surface area contributed by atoms with E-state index >= 15 is 0 Å². The molecule has 138 valence electrons. The highest BCUT2D eigenvalue weighted by Crippen LogP contribution is 2.45. The molecule has 1 fully saturated rings. The van der Waals surface area contributed by atoms with E-state index in [9.17, 15) is 13.2 Å². The summed E-state index contributed by atoms with van der Waals surface area (Å²) in [7, 11) is -2.98. The van der Waals surface area contributed by atoms with E-state index < -0.39 is 16.1 Å². The molecule has 0 aliphatic carbocycles. The number of esters is 1. The zero-order valence-electron chi connectivity index (χ0n) is 13.7. The van der Waals surface area contributed by atoms with Gasteiger partial charge >= 0.3 is 16.1 Å². The monoisotopic (exact) mass is 430 g/mol. The third kappa shape index (κ3) is 4.31. The second-order valence-electron chi connectivity index (χ2n) is 5.32. The van der Waals surface area contributed by atoms with E-state index in [-0.39, 0.29) is 21.2 Å². The van der Waals surface area contributed by atoms with E-state index in [1.165, 1.54) is 19.2 Å². The molecule has 1 saturated heterocycles. The van der Waals surface area contributed by atoms with Crippen LogP contribution in [0.5, 0.6) is 5.75 Å². The van der Waals surface area contributed by atoms with Crippen LogP contribution in [0.2, 0.25) is 5.02 Å². The van der Waals surface area contributed by atoms with Crippen LogP contribution in [0.1, 0.15) is 20.5 Å². The van der Waals surface area contributed by atoms with Crippen molar-refractivity contribution in [2.24, 2.45) is 0 Å². The summed E-state index contributed by atoms with van der Waals surface area (Å²) in [6, 6.07) is 10.8. The number of thioether (sulfide) groups is 2. The molecular formula is C17H15ClO5S3. The van der Waals surface area contributed by atoms with Crippen molar-refractivity contribution >= 4 is 51.2 Å². The largest absolute Gasteiger partial charge is 0.465 e. The fourth-order valence-electron chi connectivity index (χ4n) is 2.34. The normalized spacial score (nSPS) is 15.0. The highest BCUT2D eigenvalue weighted by molar-refractivity contribution is 8.19. The summed E-state index contributed by atoms with van der Waals surface area (Å²) < 4.78 is 35.3. The van der Waals surface area contributed by atoms with Gasteiger partial charge in [-0.2, -0.15) is 8.42 Å². The zero-order chi connectivity index (χ0) is 18.7. The average molecular weight is 431 g/mol. The average Bonchev–Trinajstić information content (AvgIpc) is 3.16. The molecule has 5 nitrogen and oxygen atoms in total. The van der Waals surface area contributed by atoms with Gasteiger partial charge in [0, 0.05) is 11.5 Å². The number of rotatable bonds is 5. The predicted octanol–water partition coefficient (Wildman–Crippen LogP) is 4.37. The van der Waals surface area contributed by atoms with Crippen LogP contribution in [-0.4, -0.2) is 33.0 Å². The molecule has 26 heavy (non-hydrogen) atoms. The number of hydrogen-bond donors (Lipinski definition) is 0. The molecule has 0 spiro atoms. The molecule has 0 saturated carbocycles. The second-order valence-corrected chi connectivity index (χ2v) is 9.96. The lowest BCUT2D eigenvalue weighted by atomic mass is 10.2. The van der Waals surface area contributed by atoms with Gasteiger partial charge in [-0.25, -0.2) is 4.79 Å². The van der Waals surface area contributed by atoms with Crippen LogP contribution in [0.15, 0.2) is 47.4 Å². The van der Waals surface area contributed by atoms with Crippen molar-refractivity contribution in [3.05, 3.63) is 58.6 Å². The molecule has 0 amide bonds. The van der Waals surface area contributed by atoms with Gasteiger partial charge < -0.3 is 8.92 Å². The molecule has 1 aliphatic heterocycles. The molecule has 2 aromatic carbocycles. The molecule has 2 aromatic rings. The molecule has 9 heteroatoms. The number of halogens is 1. The Balaban J connectivity index is 1.83. The summed E-state index contributed by atoms with van der Waals surface area (Å²) in [5.74, 6) is 1.74. The van der Waals surface area contributed by atoms with Gasteiger partial charge in [0.05, 0.1) is 22.3 Å². The number of benzene rings is 2. The standard InChI is InChI=1S/C17H15ClO5S3/c1-22-16(19)12-4-7-14(18)15(10-12)26(20,21)23-13-5-2-11(3-6-13)17-24-8-9-25-17/h2-7,10,17H,8-9H2,1H3. The summed E-state index contributed by atoms with van der Waals surface area (Å²) in [4.78, 5) is 11.3. The predicted molar refractivity (Wildman–Crippen MR) is 105 cm³/mol. The Morgan fingerprint density at radius 1 is 1.12 bits per heavy atom. The third-order valence-electron chi connectivity index (χ3n) is 3.60. The molecule has 1 aliphatic rings. The molecule has 1 heterocycles. The van der Waals surface area contributed by atoms with E-state index in [1.807, 2.05) is 35.7 Å². The fourth-order valence-corrected chi connectivity index (χ4v) is 6.64. The Labute approximate surface area is 165 Å². The van der Waals surface area contributed by atoms with Gasteiger partial charge in [-0.3, -0.25) is 0 Å². The highest BCUT2D eigenvalue weighted by atomic mass is 35.5. The second kappa shape index (κ2) is 8.12. The number of hydrogen-bond acceptors (Lipinski definition) is 7. The van der Waals surface area contributed by atoms with Gasteiger partial charge in [0.1, 0.15) is 10.6 Å². The van der Waals surface area contributed by atoms with Crippen LogP contribution in [0.4, 0.5) is 0 Å². The van der Waals surface area contributed by atoms with Gasteiger partial charge in [-0.05, 0) is 35.9 Å². The van der Waals surface area contributed by atoms with Crippen LogP contribution in [0.25, 0.3) is 0 Å². The van der Waals surface area contributed by atoms with E-state index in [0.717, 1.165) is 23.1 Å². The Hall–Kier alpha value is -1.35. The lowest BCUT2D eigenvalue weighted by molar-refractivity contribution is 0.0600. The number of ether oxygens (including phenoxy) is 1. The molecule has 0 N–H and O–H groups in total. The van der Waals surface area contributed by atoms with E-state index in [2.05, 4.69) is 4.74 Å². The summed E-state index contributed by atoms with van der Waals surface area (Å²) in [6.45, 7) is 0. The Morgan fingerprint density at radius 2 is 1.77 bits per heavy atom. The van der Waals surface area contributed by atoms with Gasteiger partial charge in [0.2, 0.25) is 0 Å². The van der Waals surface area contributed by atoms with Crippen molar-refractivity contribution in [3.63, 3.8) is 0 Å². The summed E-state index contributed by atoms with van der Waals surface area (Å²) in [5, 5.41) is -0.0342. The van der Waals surface area contributed by atoms with Gasteiger partial charge in [-0.15, -0.1) is 23.5 Å². The number of carbonyl (C=O) groups excluding carboxylic acids is 1. The maximum absolute atomic E-state index is 12.6. The first-order valence-electron chi connectivity index (χ1n) is 7.56. The van der Waals surface area contributed by atoms with Crippen LogP contribution in [0, 0.1) is 0 Å². The third-order valence-corrected chi connectivity index (χ3v) is 8.44. The molecule has 0 bridgehead atoms. The van der Waals surface area contributed by atoms with Crippen molar-refractivity contribution in [2.75, 3.05) is 18.6 Å².